The second kappa shape index (κ2) is 3.51. The van der Waals surface area contributed by atoms with Gasteiger partial charge in [0.1, 0.15) is 0 Å². The molecular weight excluding hydrogens is 182 g/mol. The van der Waals surface area contributed by atoms with Crippen LogP contribution in [-0.2, 0) is 0 Å². The van der Waals surface area contributed by atoms with Gasteiger partial charge in [0, 0.05) is 11.8 Å². The van der Waals surface area contributed by atoms with Gasteiger partial charge < -0.3 is 4.74 Å². The SMILES string of the molecule is COc1nc(C)cc(=O)n1C(F)F. The van der Waals surface area contributed by atoms with Gasteiger partial charge in [-0.1, -0.05) is 0 Å². The Labute approximate surface area is 72.8 Å². The fourth-order valence-corrected chi connectivity index (χ4v) is 0.903. The maximum atomic E-state index is 12.3. The number of halogens is 2. The minimum atomic E-state index is -2.93. The van der Waals surface area contributed by atoms with Gasteiger partial charge in [-0.15, -0.1) is 0 Å². The fourth-order valence-electron chi connectivity index (χ4n) is 0.903. The fraction of sp³-hybridized carbons (Fsp3) is 0.429. The van der Waals surface area contributed by atoms with E-state index in [4.69, 9.17) is 0 Å². The van der Waals surface area contributed by atoms with Gasteiger partial charge in [-0.3, -0.25) is 4.79 Å². The van der Waals surface area contributed by atoms with Gasteiger partial charge in [-0.05, 0) is 6.92 Å². The van der Waals surface area contributed by atoms with Gasteiger partial charge in [0.25, 0.3) is 5.56 Å². The van der Waals surface area contributed by atoms with Crippen molar-refractivity contribution in [1.29, 1.82) is 0 Å². The molecule has 1 aromatic rings. The van der Waals surface area contributed by atoms with Crippen molar-refractivity contribution in [1.82, 2.24) is 9.55 Å². The average molecular weight is 190 g/mol. The Hall–Kier alpha value is -1.46. The molecule has 0 amide bonds. The highest BCUT2D eigenvalue weighted by Gasteiger charge is 2.15. The third kappa shape index (κ3) is 1.82. The molecule has 1 rings (SSSR count). The van der Waals surface area contributed by atoms with E-state index in [-0.39, 0.29) is 10.6 Å². The summed E-state index contributed by atoms with van der Waals surface area (Å²) in [4.78, 5) is 14.7. The highest BCUT2D eigenvalue weighted by Crippen LogP contribution is 2.14. The standard InChI is InChI=1S/C7H8F2N2O2/c1-4-3-5(12)11(6(8)9)7(10-4)13-2/h3,6H,1-2H3. The summed E-state index contributed by atoms with van der Waals surface area (Å²) in [6, 6.07) is 0.648. The van der Waals surface area contributed by atoms with E-state index in [0.717, 1.165) is 6.07 Å². The summed E-state index contributed by atoms with van der Waals surface area (Å²) >= 11 is 0. The average Bonchev–Trinajstić information content (AvgIpc) is 2.01. The Morgan fingerprint density at radius 1 is 1.62 bits per heavy atom. The zero-order chi connectivity index (χ0) is 10.0. The van der Waals surface area contributed by atoms with Crippen molar-refractivity contribution >= 4 is 0 Å². The molecule has 1 heterocycles. The van der Waals surface area contributed by atoms with Crippen LogP contribution in [0.25, 0.3) is 0 Å². The molecule has 0 saturated carbocycles. The lowest BCUT2D eigenvalue weighted by atomic mass is 10.4. The number of aromatic nitrogens is 2. The topological polar surface area (TPSA) is 44.1 Å². The van der Waals surface area contributed by atoms with Crippen molar-refractivity contribution in [3.8, 4) is 6.01 Å². The van der Waals surface area contributed by atoms with E-state index in [0.29, 0.717) is 5.69 Å². The lowest BCUT2D eigenvalue weighted by Gasteiger charge is -2.08. The van der Waals surface area contributed by atoms with Crippen LogP contribution in [-0.4, -0.2) is 16.7 Å². The van der Waals surface area contributed by atoms with Gasteiger partial charge in [0.2, 0.25) is 0 Å². The Morgan fingerprint density at radius 3 is 2.69 bits per heavy atom. The van der Waals surface area contributed by atoms with E-state index in [1.165, 1.54) is 14.0 Å². The quantitative estimate of drug-likeness (QED) is 0.697. The molecule has 1 aromatic heterocycles. The largest absolute Gasteiger partial charge is 0.468 e. The summed E-state index contributed by atoms with van der Waals surface area (Å²) in [7, 11) is 1.18. The second-order valence-electron chi connectivity index (χ2n) is 2.37. The van der Waals surface area contributed by atoms with E-state index in [1.807, 2.05) is 0 Å². The van der Waals surface area contributed by atoms with Crippen LogP contribution in [0, 0.1) is 6.92 Å². The number of nitrogens with zero attached hydrogens (tertiary/aromatic N) is 2. The number of aryl methyl sites for hydroxylation is 1. The molecular formula is C7H8F2N2O2. The van der Waals surface area contributed by atoms with E-state index in [1.54, 1.807) is 0 Å². The monoisotopic (exact) mass is 190 g/mol. The van der Waals surface area contributed by atoms with Gasteiger partial charge in [-0.2, -0.15) is 8.78 Å². The molecule has 0 aliphatic heterocycles. The van der Waals surface area contributed by atoms with E-state index in [9.17, 15) is 13.6 Å². The van der Waals surface area contributed by atoms with Gasteiger partial charge >= 0.3 is 12.6 Å². The molecule has 0 bridgehead atoms. The first-order valence-corrected chi connectivity index (χ1v) is 3.48. The van der Waals surface area contributed by atoms with Crippen LogP contribution in [0.3, 0.4) is 0 Å². The number of alkyl halides is 2. The Balaban J connectivity index is 3.39. The lowest BCUT2D eigenvalue weighted by Crippen LogP contribution is -2.23. The van der Waals surface area contributed by atoms with Crippen LogP contribution in [0.1, 0.15) is 12.2 Å². The normalized spacial score (nSPS) is 10.5. The molecule has 0 aromatic carbocycles. The number of ether oxygens (including phenoxy) is 1. The number of methoxy groups -OCH3 is 1. The highest BCUT2D eigenvalue weighted by molar-refractivity contribution is 5.06. The molecule has 6 heteroatoms. The molecule has 4 nitrogen and oxygen atoms in total. The summed E-state index contributed by atoms with van der Waals surface area (Å²) < 4.78 is 29.2. The predicted octanol–water partition coefficient (Wildman–Crippen LogP) is 0.955. The highest BCUT2D eigenvalue weighted by atomic mass is 19.3. The summed E-state index contributed by atoms with van der Waals surface area (Å²) in [5, 5.41) is 0. The summed E-state index contributed by atoms with van der Waals surface area (Å²) in [6.07, 6.45) is 0. The van der Waals surface area contributed by atoms with Crippen molar-refractivity contribution in [3.05, 3.63) is 22.1 Å². The predicted molar refractivity (Wildman–Crippen MR) is 41.0 cm³/mol. The summed E-state index contributed by atoms with van der Waals surface area (Å²) in [6.45, 7) is -1.41. The summed E-state index contributed by atoms with van der Waals surface area (Å²) in [5.74, 6) is 0. The van der Waals surface area contributed by atoms with Crippen LogP contribution >= 0.6 is 0 Å². The molecule has 0 aliphatic carbocycles. The number of hydrogen-bond acceptors (Lipinski definition) is 3. The Kier molecular flexibility index (Phi) is 2.60. The number of hydrogen-bond donors (Lipinski definition) is 0. The molecule has 0 fully saturated rings. The van der Waals surface area contributed by atoms with Crippen LogP contribution in [0.2, 0.25) is 0 Å². The third-order valence-electron chi connectivity index (χ3n) is 1.43. The lowest BCUT2D eigenvalue weighted by molar-refractivity contribution is 0.0549. The molecule has 0 unspecified atom stereocenters. The summed E-state index contributed by atoms with van der Waals surface area (Å²) in [5.41, 5.74) is -0.474. The molecule has 13 heavy (non-hydrogen) atoms. The first kappa shape index (κ1) is 9.63. The van der Waals surface area contributed by atoms with Gasteiger partial charge in [0.05, 0.1) is 7.11 Å². The van der Waals surface area contributed by atoms with Crippen LogP contribution in [0.4, 0.5) is 8.78 Å². The van der Waals surface area contributed by atoms with Crippen LogP contribution in [0.15, 0.2) is 10.9 Å². The van der Waals surface area contributed by atoms with Crippen LogP contribution in [0.5, 0.6) is 6.01 Å². The zero-order valence-electron chi connectivity index (χ0n) is 7.12. The maximum Gasteiger partial charge on any atom is 0.325 e. The number of rotatable bonds is 2. The van der Waals surface area contributed by atoms with Crippen molar-refractivity contribution in [3.63, 3.8) is 0 Å². The smallest absolute Gasteiger partial charge is 0.325 e. The van der Waals surface area contributed by atoms with Gasteiger partial charge in [0.15, 0.2) is 0 Å². The molecule has 0 aliphatic rings. The van der Waals surface area contributed by atoms with Crippen molar-refractivity contribution < 1.29 is 13.5 Å². The molecule has 0 atom stereocenters. The first-order valence-electron chi connectivity index (χ1n) is 3.48. The van der Waals surface area contributed by atoms with E-state index < -0.39 is 12.1 Å². The minimum absolute atomic E-state index is 0.188. The Morgan fingerprint density at radius 2 is 2.23 bits per heavy atom. The second-order valence-corrected chi connectivity index (χ2v) is 2.37. The first-order chi connectivity index (χ1) is 6.06. The Bertz CT molecular complexity index is 362. The van der Waals surface area contributed by atoms with Crippen molar-refractivity contribution in [2.75, 3.05) is 7.11 Å². The molecule has 0 saturated heterocycles. The molecule has 72 valence electrons. The molecule has 0 radical (unpaired) electrons. The van der Waals surface area contributed by atoms with Crippen molar-refractivity contribution in [2.45, 2.75) is 13.5 Å². The van der Waals surface area contributed by atoms with Crippen molar-refractivity contribution in [2.24, 2.45) is 0 Å². The van der Waals surface area contributed by atoms with E-state index >= 15 is 0 Å². The van der Waals surface area contributed by atoms with E-state index in [2.05, 4.69) is 9.72 Å². The van der Waals surface area contributed by atoms with Crippen LogP contribution < -0.4 is 10.3 Å². The maximum absolute atomic E-state index is 12.3. The minimum Gasteiger partial charge on any atom is -0.468 e. The zero-order valence-corrected chi connectivity index (χ0v) is 7.12. The third-order valence-corrected chi connectivity index (χ3v) is 1.43. The molecule has 0 spiro atoms. The molecule has 0 N–H and O–H groups in total. The van der Waals surface area contributed by atoms with Gasteiger partial charge in [-0.25, -0.2) is 9.55 Å².